The third kappa shape index (κ3) is 5.70. The van der Waals surface area contributed by atoms with E-state index in [2.05, 4.69) is 0 Å². The van der Waals surface area contributed by atoms with E-state index < -0.39 is 47.8 Å². The number of hydrogen-bond donors (Lipinski definition) is 1. The first-order chi connectivity index (χ1) is 13.3. The second-order valence-electron chi connectivity index (χ2n) is 6.31. The lowest BCUT2D eigenvalue weighted by molar-refractivity contribution is -0.166. The predicted molar refractivity (Wildman–Crippen MR) is 100 cm³/mol. The highest BCUT2D eigenvalue weighted by molar-refractivity contribution is 7.99. The zero-order valence-corrected chi connectivity index (χ0v) is 16.8. The minimum Gasteiger partial charge on any atom is -0.463 e. The monoisotopic (exact) mass is 412 g/mol. The average Bonchev–Trinajstić information content (AvgIpc) is 2.92. The number of aliphatic hydroxyl groups excluding tert-OH is 1. The maximum absolute atomic E-state index is 11.7. The number of hydrogen-bond acceptors (Lipinski definition) is 9. The molecule has 1 aromatic carbocycles. The van der Waals surface area contributed by atoms with Crippen molar-refractivity contribution in [1.82, 2.24) is 0 Å². The van der Waals surface area contributed by atoms with Crippen LogP contribution in [0.4, 0.5) is 0 Å². The van der Waals surface area contributed by atoms with Crippen LogP contribution < -0.4 is 0 Å². The molecule has 28 heavy (non-hydrogen) atoms. The number of esters is 3. The van der Waals surface area contributed by atoms with Crippen molar-refractivity contribution >= 4 is 29.7 Å². The number of carbonyl (C=O) groups is 3. The Morgan fingerprint density at radius 2 is 1.71 bits per heavy atom. The van der Waals surface area contributed by atoms with Gasteiger partial charge in [-0.3, -0.25) is 14.4 Å². The van der Waals surface area contributed by atoms with E-state index >= 15 is 0 Å². The van der Waals surface area contributed by atoms with Crippen LogP contribution in [0, 0.1) is 0 Å². The average molecular weight is 412 g/mol. The third-order valence-electron chi connectivity index (χ3n) is 4.04. The van der Waals surface area contributed by atoms with E-state index in [9.17, 15) is 19.5 Å². The minimum absolute atomic E-state index is 0.210. The second-order valence-corrected chi connectivity index (χ2v) is 7.58. The Kier molecular flexibility index (Phi) is 7.85. The van der Waals surface area contributed by atoms with Crippen molar-refractivity contribution in [2.45, 2.75) is 49.8 Å². The van der Waals surface area contributed by atoms with Crippen LogP contribution in [0.5, 0.6) is 0 Å². The Bertz CT molecular complexity index is 694. The lowest BCUT2D eigenvalue weighted by Gasteiger charge is -2.32. The largest absolute Gasteiger partial charge is 0.463 e. The zero-order chi connectivity index (χ0) is 20.7. The van der Waals surface area contributed by atoms with Crippen molar-refractivity contribution in [3.63, 3.8) is 0 Å². The van der Waals surface area contributed by atoms with Crippen molar-refractivity contribution in [2.24, 2.45) is 0 Å². The molecule has 1 aliphatic heterocycles. The summed E-state index contributed by atoms with van der Waals surface area (Å²) in [6.07, 6.45) is -3.00. The quantitative estimate of drug-likeness (QED) is 0.501. The molecule has 0 spiro atoms. The normalized spacial score (nSPS) is 26.5. The first kappa shape index (κ1) is 22.2. The minimum atomic E-state index is -1.38. The van der Waals surface area contributed by atoms with Crippen LogP contribution in [-0.4, -0.2) is 59.5 Å². The van der Waals surface area contributed by atoms with Crippen LogP contribution in [0.25, 0.3) is 0 Å². The zero-order valence-electron chi connectivity index (χ0n) is 16.0. The Morgan fingerprint density at radius 1 is 1.07 bits per heavy atom. The molecule has 4 atom stereocenters. The second kappa shape index (κ2) is 9.90. The van der Waals surface area contributed by atoms with Crippen molar-refractivity contribution in [2.75, 3.05) is 13.2 Å². The molecule has 1 N–H and O–H groups in total. The molecule has 1 saturated heterocycles. The van der Waals surface area contributed by atoms with Gasteiger partial charge in [-0.1, -0.05) is 30.3 Å². The first-order valence-electron chi connectivity index (χ1n) is 8.72. The van der Waals surface area contributed by atoms with Crippen LogP contribution >= 0.6 is 11.8 Å². The smallest absolute Gasteiger partial charge is 0.303 e. The summed E-state index contributed by atoms with van der Waals surface area (Å²) in [6, 6.07) is 9.47. The Labute approximate surface area is 167 Å². The van der Waals surface area contributed by atoms with Gasteiger partial charge in [0.15, 0.2) is 17.1 Å². The third-order valence-corrected chi connectivity index (χ3v) is 5.47. The molecule has 0 radical (unpaired) electrons. The SMILES string of the molecule is CC(=O)OC[C@H]1O[C@@](CO)(SCc2ccccc2)[C@@H](OC(C)=O)[C@@H]1OC(C)=O. The van der Waals surface area contributed by atoms with Gasteiger partial charge in [0.25, 0.3) is 0 Å². The molecule has 9 heteroatoms. The van der Waals surface area contributed by atoms with E-state index in [1.807, 2.05) is 30.3 Å². The van der Waals surface area contributed by atoms with Crippen LogP contribution in [0.3, 0.4) is 0 Å². The number of benzene rings is 1. The summed E-state index contributed by atoms with van der Waals surface area (Å²) in [5.74, 6) is -1.31. The maximum Gasteiger partial charge on any atom is 0.303 e. The molecule has 0 unspecified atom stereocenters. The van der Waals surface area contributed by atoms with Crippen LogP contribution in [0.1, 0.15) is 26.3 Å². The van der Waals surface area contributed by atoms with Gasteiger partial charge in [-0.05, 0) is 5.56 Å². The number of carbonyl (C=O) groups excluding carboxylic acids is 3. The number of aliphatic hydroxyl groups is 1. The van der Waals surface area contributed by atoms with Gasteiger partial charge in [-0.25, -0.2) is 0 Å². The summed E-state index contributed by atoms with van der Waals surface area (Å²) in [7, 11) is 0. The van der Waals surface area contributed by atoms with Gasteiger partial charge < -0.3 is 24.1 Å². The van der Waals surface area contributed by atoms with Gasteiger partial charge in [0.2, 0.25) is 0 Å². The van der Waals surface area contributed by atoms with Gasteiger partial charge in [0.1, 0.15) is 12.7 Å². The highest BCUT2D eigenvalue weighted by atomic mass is 32.2. The number of thioether (sulfide) groups is 1. The van der Waals surface area contributed by atoms with E-state index in [0.29, 0.717) is 5.75 Å². The molecule has 0 aromatic heterocycles. The predicted octanol–water partition coefficient (Wildman–Crippen LogP) is 1.43. The van der Waals surface area contributed by atoms with E-state index in [-0.39, 0.29) is 6.61 Å². The summed E-state index contributed by atoms with van der Waals surface area (Å²) >= 11 is 1.22. The topological polar surface area (TPSA) is 108 Å². The fourth-order valence-corrected chi connectivity index (χ4v) is 4.13. The summed E-state index contributed by atoms with van der Waals surface area (Å²) in [6.45, 7) is 2.95. The van der Waals surface area contributed by atoms with Crippen LogP contribution in [0.15, 0.2) is 30.3 Å². The molecule has 1 fully saturated rings. The molecule has 154 valence electrons. The first-order valence-corrected chi connectivity index (χ1v) is 9.70. The molecule has 2 rings (SSSR count). The lowest BCUT2D eigenvalue weighted by Crippen LogP contribution is -2.47. The fraction of sp³-hybridized carbons (Fsp3) is 0.526. The van der Waals surface area contributed by atoms with E-state index in [1.165, 1.54) is 32.5 Å². The van der Waals surface area contributed by atoms with Gasteiger partial charge in [0.05, 0.1) is 6.61 Å². The van der Waals surface area contributed by atoms with Gasteiger partial charge in [0, 0.05) is 26.5 Å². The molecular weight excluding hydrogens is 388 g/mol. The fourth-order valence-electron chi connectivity index (χ4n) is 2.90. The maximum atomic E-state index is 11.7. The van der Waals surface area contributed by atoms with Gasteiger partial charge in [-0.15, -0.1) is 11.8 Å². The van der Waals surface area contributed by atoms with Crippen LogP contribution in [-0.2, 0) is 39.1 Å². The Balaban J connectivity index is 2.30. The summed E-state index contributed by atoms with van der Waals surface area (Å²) in [4.78, 5) is 33.1. The number of ether oxygens (including phenoxy) is 4. The van der Waals surface area contributed by atoms with E-state index in [4.69, 9.17) is 18.9 Å². The van der Waals surface area contributed by atoms with Gasteiger partial charge >= 0.3 is 17.9 Å². The van der Waals surface area contributed by atoms with Crippen molar-refractivity contribution in [3.8, 4) is 0 Å². The summed E-state index contributed by atoms with van der Waals surface area (Å²) in [5, 5.41) is 10.1. The standard InChI is InChI=1S/C19H24O8S/c1-12(21)24-9-16-17(25-13(2)22)18(26-14(3)23)19(11-20,27-16)28-10-15-7-5-4-6-8-15/h4-8,16-18,20H,9-11H2,1-3H3/t16-,17-,18+,19+/m1/s1. The Morgan fingerprint density at radius 3 is 2.25 bits per heavy atom. The highest BCUT2D eigenvalue weighted by Gasteiger charge is 2.59. The van der Waals surface area contributed by atoms with E-state index in [1.54, 1.807) is 0 Å². The lowest BCUT2D eigenvalue weighted by atomic mass is 10.1. The molecular formula is C19H24O8S. The Hall–Kier alpha value is -2.10. The van der Waals surface area contributed by atoms with Crippen molar-refractivity contribution < 1.29 is 38.4 Å². The summed E-state index contributed by atoms with van der Waals surface area (Å²) in [5.41, 5.74) is 0.970. The van der Waals surface area contributed by atoms with E-state index in [0.717, 1.165) is 5.56 Å². The molecule has 0 bridgehead atoms. The molecule has 0 amide bonds. The highest BCUT2D eigenvalue weighted by Crippen LogP contribution is 2.44. The molecule has 8 nitrogen and oxygen atoms in total. The summed E-state index contributed by atoms with van der Waals surface area (Å²) < 4.78 is 21.7. The van der Waals surface area contributed by atoms with Crippen LogP contribution in [0.2, 0.25) is 0 Å². The molecule has 1 heterocycles. The molecule has 1 aromatic rings. The number of rotatable bonds is 8. The molecule has 0 saturated carbocycles. The molecule has 0 aliphatic carbocycles. The van der Waals surface area contributed by atoms with Crippen molar-refractivity contribution in [3.05, 3.63) is 35.9 Å². The van der Waals surface area contributed by atoms with Gasteiger partial charge in [-0.2, -0.15) is 0 Å². The van der Waals surface area contributed by atoms with Crippen molar-refractivity contribution in [1.29, 1.82) is 0 Å². The molecule has 1 aliphatic rings.